The number of methoxy groups -OCH3 is 2. The minimum absolute atomic E-state index is 0.620. The highest BCUT2D eigenvalue weighted by Gasteiger charge is 2.28. The van der Waals surface area contributed by atoms with E-state index in [2.05, 4.69) is 199 Å². The lowest BCUT2D eigenvalue weighted by Gasteiger charge is -2.29. The standard InChI is InChI=1S/C56H62N3O2/c1-36-30-39(4)54(40(5)31-36)57-52-25-24-51(49-14-12-13-15-50(49)52)53(45-16-20-47(21-17-45)58(26-28-60-10)55-41(6)32-37(2)33-42(55)7)46-18-22-48(23-19-46)59(27-29-61-11)56-43(8)34-38(3)35-44(56)9/h12-25,30-35,57H,26-29H2,1-11H3/q+1. The highest BCUT2D eigenvalue weighted by molar-refractivity contribution is 6.00. The summed E-state index contributed by atoms with van der Waals surface area (Å²) in [6, 6.07) is 45.2. The summed E-state index contributed by atoms with van der Waals surface area (Å²) >= 11 is 0. The number of hydrogen-bond acceptors (Lipinski definition) is 5. The Hall–Kier alpha value is -6.01. The van der Waals surface area contributed by atoms with Gasteiger partial charge in [0.05, 0.1) is 52.9 Å². The molecule has 0 amide bonds. The molecule has 0 fully saturated rings. The van der Waals surface area contributed by atoms with Crippen molar-refractivity contribution < 1.29 is 9.47 Å². The van der Waals surface area contributed by atoms with Gasteiger partial charge in [-0.3, -0.25) is 0 Å². The van der Waals surface area contributed by atoms with Crippen LogP contribution in [0.5, 0.6) is 0 Å². The van der Waals surface area contributed by atoms with Crippen molar-refractivity contribution in [2.24, 2.45) is 0 Å². The Balaban J connectivity index is 1.36. The molecule has 312 valence electrons. The van der Waals surface area contributed by atoms with E-state index in [9.17, 15) is 0 Å². The predicted octanol–water partition coefficient (Wildman–Crippen LogP) is 13.9. The van der Waals surface area contributed by atoms with Crippen LogP contribution in [0.4, 0.5) is 34.1 Å². The van der Waals surface area contributed by atoms with Crippen LogP contribution in [0.15, 0.2) is 121 Å². The van der Waals surface area contributed by atoms with Crippen molar-refractivity contribution in [2.45, 2.75) is 62.3 Å². The SMILES string of the molecule is COCCN(c1ccc([C+](c2ccc(N(CCOC)c3c(C)cc(C)cc3C)cc2)c2ccc(Nc3c(C)cc(C)cc3C)c3ccccc23)cc1)c1c(C)cc(C)cc1C. The van der Waals surface area contributed by atoms with Crippen LogP contribution in [0.3, 0.4) is 0 Å². The lowest BCUT2D eigenvalue weighted by Crippen LogP contribution is -2.24. The Morgan fingerprint density at radius 1 is 0.459 bits per heavy atom. The zero-order valence-electron chi connectivity index (χ0n) is 38.1. The van der Waals surface area contributed by atoms with E-state index in [-0.39, 0.29) is 0 Å². The predicted molar refractivity (Wildman–Crippen MR) is 260 cm³/mol. The van der Waals surface area contributed by atoms with Gasteiger partial charge in [0.15, 0.2) is 0 Å². The summed E-state index contributed by atoms with van der Waals surface area (Å²) in [5.74, 6) is 1.18. The molecule has 0 saturated carbocycles. The van der Waals surface area contributed by atoms with Gasteiger partial charge < -0.3 is 24.6 Å². The summed E-state index contributed by atoms with van der Waals surface area (Å²) in [6.45, 7) is 22.4. The molecule has 7 rings (SSSR count). The van der Waals surface area contributed by atoms with E-state index in [1.54, 1.807) is 14.2 Å². The molecule has 5 nitrogen and oxygen atoms in total. The molecule has 0 aliphatic rings. The summed E-state index contributed by atoms with van der Waals surface area (Å²) in [7, 11) is 3.55. The minimum Gasteiger partial charge on any atom is -0.383 e. The lowest BCUT2D eigenvalue weighted by atomic mass is 9.82. The fourth-order valence-corrected chi connectivity index (χ4v) is 9.53. The molecule has 0 aliphatic heterocycles. The number of benzene rings is 7. The van der Waals surface area contributed by atoms with Crippen molar-refractivity contribution in [3.63, 3.8) is 0 Å². The third kappa shape index (κ3) is 9.19. The minimum atomic E-state index is 0.620. The second-order valence-corrected chi connectivity index (χ2v) is 16.9. The van der Waals surface area contributed by atoms with Crippen LogP contribution in [-0.4, -0.2) is 40.5 Å². The molecule has 0 aromatic heterocycles. The third-order valence-electron chi connectivity index (χ3n) is 11.9. The highest BCUT2D eigenvalue weighted by Crippen LogP contribution is 2.42. The molecule has 7 aromatic rings. The number of hydrogen-bond donors (Lipinski definition) is 1. The molecular formula is C56H62N3O2+. The summed E-state index contributed by atoms with van der Waals surface area (Å²) < 4.78 is 11.3. The first-order valence-electron chi connectivity index (χ1n) is 21.5. The van der Waals surface area contributed by atoms with Gasteiger partial charge in [-0.05, 0) is 168 Å². The van der Waals surface area contributed by atoms with Gasteiger partial charge in [0, 0.05) is 55.1 Å². The normalized spacial score (nSPS) is 11.3. The Morgan fingerprint density at radius 2 is 0.852 bits per heavy atom. The smallest absolute Gasteiger partial charge is 0.0642 e. The molecule has 0 radical (unpaired) electrons. The summed E-state index contributed by atoms with van der Waals surface area (Å²) in [5.41, 5.74) is 21.8. The van der Waals surface area contributed by atoms with Crippen molar-refractivity contribution >= 4 is 44.9 Å². The molecule has 7 aromatic carbocycles. The van der Waals surface area contributed by atoms with Crippen LogP contribution < -0.4 is 15.1 Å². The van der Waals surface area contributed by atoms with Crippen LogP contribution in [0, 0.1) is 68.2 Å². The molecule has 0 aliphatic carbocycles. The van der Waals surface area contributed by atoms with Crippen molar-refractivity contribution in [1.29, 1.82) is 0 Å². The van der Waals surface area contributed by atoms with E-state index >= 15 is 0 Å². The molecular weight excluding hydrogens is 747 g/mol. The molecule has 0 bridgehead atoms. The second-order valence-electron chi connectivity index (χ2n) is 16.9. The largest absolute Gasteiger partial charge is 0.383 e. The monoisotopic (exact) mass is 808 g/mol. The van der Waals surface area contributed by atoms with Gasteiger partial charge in [0.2, 0.25) is 0 Å². The van der Waals surface area contributed by atoms with Crippen LogP contribution in [0.1, 0.15) is 66.8 Å². The average molecular weight is 809 g/mol. The Bertz CT molecular complexity index is 2460. The van der Waals surface area contributed by atoms with Gasteiger partial charge in [-0.25, -0.2) is 0 Å². The van der Waals surface area contributed by atoms with E-state index in [4.69, 9.17) is 9.47 Å². The van der Waals surface area contributed by atoms with E-state index in [1.165, 1.54) is 83.7 Å². The number of nitrogens with zero attached hydrogens (tertiary/aromatic N) is 2. The first-order valence-corrected chi connectivity index (χ1v) is 21.5. The van der Waals surface area contributed by atoms with Crippen molar-refractivity contribution in [3.05, 3.63) is 194 Å². The molecule has 1 N–H and O–H groups in total. The maximum Gasteiger partial charge on any atom is 0.0642 e. The first kappa shape index (κ1) is 43.1. The first-order chi connectivity index (χ1) is 29.4. The molecule has 0 saturated heterocycles. The van der Waals surface area contributed by atoms with E-state index in [0.29, 0.717) is 13.2 Å². The van der Waals surface area contributed by atoms with Crippen LogP contribution in [-0.2, 0) is 9.47 Å². The lowest BCUT2D eigenvalue weighted by molar-refractivity contribution is 0.207. The third-order valence-corrected chi connectivity index (χ3v) is 11.9. The van der Waals surface area contributed by atoms with Crippen LogP contribution in [0.2, 0.25) is 0 Å². The van der Waals surface area contributed by atoms with Crippen LogP contribution in [0.25, 0.3) is 10.8 Å². The van der Waals surface area contributed by atoms with Crippen molar-refractivity contribution in [3.8, 4) is 0 Å². The number of anilines is 6. The van der Waals surface area contributed by atoms with Gasteiger partial charge in [-0.2, -0.15) is 0 Å². The number of ether oxygens (including phenoxy) is 2. The Labute approximate surface area is 365 Å². The average Bonchev–Trinajstić information content (AvgIpc) is 3.22. The fourth-order valence-electron chi connectivity index (χ4n) is 9.53. The zero-order chi connectivity index (χ0) is 43.4. The Kier molecular flexibility index (Phi) is 13.2. The van der Waals surface area contributed by atoms with Gasteiger partial charge in [-0.1, -0.05) is 65.2 Å². The number of aryl methyl sites for hydroxylation is 9. The van der Waals surface area contributed by atoms with Gasteiger partial charge in [0.1, 0.15) is 0 Å². The van der Waals surface area contributed by atoms with Gasteiger partial charge in [0.25, 0.3) is 0 Å². The summed E-state index contributed by atoms with van der Waals surface area (Å²) in [5, 5.41) is 6.22. The number of fused-ring (bicyclic) bond motifs is 1. The maximum atomic E-state index is 5.64. The molecule has 0 heterocycles. The van der Waals surface area contributed by atoms with Crippen molar-refractivity contribution in [1.82, 2.24) is 0 Å². The second kappa shape index (κ2) is 18.7. The van der Waals surface area contributed by atoms with Crippen LogP contribution >= 0.6 is 0 Å². The summed E-state index contributed by atoms with van der Waals surface area (Å²) in [4.78, 5) is 4.81. The van der Waals surface area contributed by atoms with E-state index in [0.717, 1.165) is 47.0 Å². The highest BCUT2D eigenvalue weighted by atomic mass is 16.5. The summed E-state index contributed by atoms with van der Waals surface area (Å²) in [6.07, 6.45) is 0. The van der Waals surface area contributed by atoms with Gasteiger partial charge >= 0.3 is 0 Å². The van der Waals surface area contributed by atoms with Crippen molar-refractivity contribution in [2.75, 3.05) is 55.6 Å². The molecule has 5 heteroatoms. The molecule has 61 heavy (non-hydrogen) atoms. The topological polar surface area (TPSA) is 37.0 Å². The maximum absolute atomic E-state index is 5.64. The molecule has 0 spiro atoms. The number of nitrogens with one attached hydrogen (secondary N) is 1. The zero-order valence-corrected chi connectivity index (χ0v) is 38.1. The number of rotatable bonds is 15. The van der Waals surface area contributed by atoms with E-state index < -0.39 is 0 Å². The molecule has 0 atom stereocenters. The molecule has 0 unspecified atom stereocenters. The van der Waals surface area contributed by atoms with E-state index in [1.807, 2.05) is 0 Å². The Morgan fingerprint density at radius 3 is 1.26 bits per heavy atom. The quantitative estimate of drug-likeness (QED) is 0.0825. The fraction of sp³-hybridized carbons (Fsp3) is 0.268. The van der Waals surface area contributed by atoms with Gasteiger partial charge in [-0.15, -0.1) is 0 Å².